The number of hydrogen-bond donors (Lipinski definition) is 1. The van der Waals surface area contributed by atoms with E-state index in [1.807, 2.05) is 34.9 Å². The largest absolute Gasteiger partial charge is 0.344 e. The van der Waals surface area contributed by atoms with Gasteiger partial charge in [0.05, 0.1) is 6.04 Å². The number of hydrogen-bond acceptors (Lipinski definition) is 5. The van der Waals surface area contributed by atoms with Gasteiger partial charge in [0.25, 0.3) is 5.95 Å². The van der Waals surface area contributed by atoms with Gasteiger partial charge >= 0.3 is 0 Å². The maximum atomic E-state index is 5.97. The van der Waals surface area contributed by atoms with Gasteiger partial charge in [-0.1, -0.05) is 20.8 Å². The van der Waals surface area contributed by atoms with Crippen molar-refractivity contribution in [1.82, 2.24) is 10.1 Å². The third-order valence-corrected chi connectivity index (χ3v) is 2.03. The number of rotatable bonds is 2. The molecule has 14 heavy (non-hydrogen) atoms. The molecule has 1 aromatic heterocycles. The molecule has 1 rings (SSSR count). The molecule has 0 unspecified atom stereocenters. The van der Waals surface area contributed by atoms with Crippen molar-refractivity contribution in [3.63, 3.8) is 0 Å². The topological polar surface area (TPSA) is 68.2 Å². The van der Waals surface area contributed by atoms with E-state index in [1.165, 1.54) is 0 Å². The molecule has 0 saturated carbocycles. The van der Waals surface area contributed by atoms with Crippen molar-refractivity contribution in [2.24, 2.45) is 11.1 Å². The van der Waals surface area contributed by atoms with E-state index in [0.717, 1.165) is 0 Å². The fourth-order valence-electron chi connectivity index (χ4n) is 0.905. The molecule has 0 bridgehead atoms. The standard InChI is InChI=1S/C9H18N4O/c1-9(2,3)6(10)7-11-8(12-14-7)13(4)5/h6H,10H2,1-5H3/t6-/m0/s1. The summed E-state index contributed by atoms with van der Waals surface area (Å²) in [4.78, 5) is 5.98. The smallest absolute Gasteiger partial charge is 0.265 e. The molecule has 5 heteroatoms. The highest BCUT2D eigenvalue weighted by atomic mass is 16.5. The lowest BCUT2D eigenvalue weighted by molar-refractivity contribution is 0.253. The van der Waals surface area contributed by atoms with E-state index in [4.69, 9.17) is 10.3 Å². The molecule has 0 aliphatic rings. The molecule has 0 fully saturated rings. The van der Waals surface area contributed by atoms with Crippen LogP contribution in [0.4, 0.5) is 5.95 Å². The van der Waals surface area contributed by atoms with Crippen LogP contribution < -0.4 is 10.6 Å². The lowest BCUT2D eigenvalue weighted by Gasteiger charge is -2.23. The van der Waals surface area contributed by atoms with Crippen LogP contribution in [0.15, 0.2) is 4.52 Å². The van der Waals surface area contributed by atoms with Crippen LogP contribution in [0, 0.1) is 5.41 Å². The van der Waals surface area contributed by atoms with E-state index < -0.39 is 0 Å². The van der Waals surface area contributed by atoms with Crippen LogP contribution in [-0.4, -0.2) is 24.2 Å². The highest BCUT2D eigenvalue weighted by molar-refractivity contribution is 5.24. The van der Waals surface area contributed by atoms with E-state index in [-0.39, 0.29) is 11.5 Å². The van der Waals surface area contributed by atoms with E-state index in [9.17, 15) is 0 Å². The van der Waals surface area contributed by atoms with E-state index in [1.54, 1.807) is 4.90 Å². The fourth-order valence-corrected chi connectivity index (χ4v) is 0.905. The van der Waals surface area contributed by atoms with Gasteiger partial charge in [0.1, 0.15) is 0 Å². The second-order valence-corrected chi connectivity index (χ2v) is 4.67. The van der Waals surface area contributed by atoms with E-state index >= 15 is 0 Å². The average Bonchev–Trinajstić information content (AvgIpc) is 2.48. The van der Waals surface area contributed by atoms with Crippen molar-refractivity contribution in [3.05, 3.63) is 5.89 Å². The number of nitrogens with two attached hydrogens (primary N) is 1. The molecule has 0 aliphatic carbocycles. The summed E-state index contributed by atoms with van der Waals surface area (Å²) >= 11 is 0. The quantitative estimate of drug-likeness (QED) is 0.772. The molecular weight excluding hydrogens is 180 g/mol. The zero-order valence-corrected chi connectivity index (χ0v) is 9.40. The molecule has 0 radical (unpaired) electrons. The fraction of sp³-hybridized carbons (Fsp3) is 0.778. The summed E-state index contributed by atoms with van der Waals surface area (Å²) in [5.74, 6) is 1.04. The van der Waals surface area contributed by atoms with Crippen LogP contribution in [0.25, 0.3) is 0 Å². The minimum Gasteiger partial charge on any atom is -0.344 e. The zero-order valence-electron chi connectivity index (χ0n) is 9.40. The first-order chi connectivity index (χ1) is 6.32. The Labute approximate surface area is 84.3 Å². The van der Waals surface area contributed by atoms with E-state index in [2.05, 4.69) is 10.1 Å². The second kappa shape index (κ2) is 3.57. The Bertz CT molecular complexity index is 300. The van der Waals surface area contributed by atoms with Crippen molar-refractivity contribution in [2.45, 2.75) is 26.8 Å². The maximum Gasteiger partial charge on any atom is 0.265 e. The third kappa shape index (κ3) is 2.23. The molecular formula is C9H18N4O. The molecule has 0 amide bonds. The first-order valence-corrected chi connectivity index (χ1v) is 4.59. The minimum atomic E-state index is -0.233. The lowest BCUT2D eigenvalue weighted by Crippen LogP contribution is -2.26. The van der Waals surface area contributed by atoms with Crippen molar-refractivity contribution in [1.29, 1.82) is 0 Å². The third-order valence-electron chi connectivity index (χ3n) is 2.03. The highest BCUT2D eigenvalue weighted by Gasteiger charge is 2.27. The summed E-state index contributed by atoms with van der Waals surface area (Å²) in [5.41, 5.74) is 5.90. The Morgan fingerprint density at radius 2 is 1.93 bits per heavy atom. The van der Waals surface area contributed by atoms with Gasteiger partial charge < -0.3 is 15.2 Å². The van der Waals surface area contributed by atoms with Crippen LogP contribution in [0.2, 0.25) is 0 Å². The molecule has 80 valence electrons. The molecule has 1 aromatic rings. The molecule has 0 aliphatic heterocycles. The van der Waals surface area contributed by atoms with Crippen molar-refractivity contribution in [3.8, 4) is 0 Å². The summed E-state index contributed by atoms with van der Waals surface area (Å²) in [7, 11) is 3.72. The molecule has 0 spiro atoms. The summed E-state index contributed by atoms with van der Waals surface area (Å²) < 4.78 is 5.09. The van der Waals surface area contributed by atoms with Crippen molar-refractivity contribution < 1.29 is 4.52 Å². The Morgan fingerprint density at radius 1 is 1.36 bits per heavy atom. The zero-order chi connectivity index (χ0) is 10.9. The van der Waals surface area contributed by atoms with Crippen molar-refractivity contribution >= 4 is 5.95 Å². The van der Waals surface area contributed by atoms with Crippen LogP contribution in [0.3, 0.4) is 0 Å². The lowest BCUT2D eigenvalue weighted by atomic mass is 9.87. The van der Waals surface area contributed by atoms with Gasteiger partial charge in [-0.3, -0.25) is 0 Å². The Balaban J connectivity index is 2.87. The summed E-state index contributed by atoms with van der Waals surface area (Å²) in [6, 6.07) is -0.233. The Hall–Kier alpha value is -1.10. The van der Waals surface area contributed by atoms with Gasteiger partial charge in [0.15, 0.2) is 0 Å². The van der Waals surface area contributed by atoms with E-state index in [0.29, 0.717) is 11.8 Å². The number of anilines is 1. The Kier molecular flexibility index (Phi) is 2.80. The molecule has 0 aromatic carbocycles. The normalized spacial score (nSPS) is 14.1. The van der Waals surface area contributed by atoms with Gasteiger partial charge in [-0.15, -0.1) is 0 Å². The van der Waals surface area contributed by atoms with Gasteiger partial charge in [-0.25, -0.2) is 0 Å². The van der Waals surface area contributed by atoms with Gasteiger partial charge in [0.2, 0.25) is 5.89 Å². The van der Waals surface area contributed by atoms with Gasteiger partial charge in [0, 0.05) is 14.1 Å². The molecule has 1 atom stereocenters. The predicted octanol–water partition coefficient (Wildman–Crippen LogP) is 1.18. The Morgan fingerprint density at radius 3 is 2.29 bits per heavy atom. The number of nitrogens with zero attached hydrogens (tertiary/aromatic N) is 3. The molecule has 1 heterocycles. The highest BCUT2D eigenvalue weighted by Crippen LogP contribution is 2.29. The summed E-state index contributed by atoms with van der Waals surface area (Å²) in [5, 5.41) is 3.81. The van der Waals surface area contributed by atoms with Crippen LogP contribution in [0.1, 0.15) is 32.7 Å². The first kappa shape index (κ1) is 11.0. The first-order valence-electron chi connectivity index (χ1n) is 4.59. The number of aromatic nitrogens is 2. The second-order valence-electron chi connectivity index (χ2n) is 4.67. The monoisotopic (exact) mass is 198 g/mol. The van der Waals surface area contributed by atoms with Crippen LogP contribution in [-0.2, 0) is 0 Å². The van der Waals surface area contributed by atoms with Gasteiger partial charge in [-0.05, 0) is 10.6 Å². The summed E-state index contributed by atoms with van der Waals surface area (Å²) in [6.45, 7) is 6.12. The summed E-state index contributed by atoms with van der Waals surface area (Å²) in [6.07, 6.45) is 0. The maximum absolute atomic E-state index is 5.97. The SMILES string of the molecule is CN(C)c1noc([C@H](N)C(C)(C)C)n1. The molecule has 5 nitrogen and oxygen atoms in total. The predicted molar refractivity (Wildman–Crippen MR) is 55.0 cm³/mol. The molecule has 2 N–H and O–H groups in total. The van der Waals surface area contributed by atoms with Gasteiger partial charge in [-0.2, -0.15) is 4.98 Å². The minimum absolute atomic E-state index is 0.0733. The van der Waals surface area contributed by atoms with Crippen molar-refractivity contribution in [2.75, 3.05) is 19.0 Å². The molecule has 0 saturated heterocycles. The average molecular weight is 198 g/mol. The van der Waals surface area contributed by atoms with Crippen LogP contribution in [0.5, 0.6) is 0 Å². The van der Waals surface area contributed by atoms with Crippen LogP contribution >= 0.6 is 0 Å².